The largest absolute Gasteiger partial charge is 0.493 e. The highest BCUT2D eigenvalue weighted by Gasteiger charge is 2.11. The van der Waals surface area contributed by atoms with Crippen LogP contribution in [0.2, 0.25) is 0 Å². The van der Waals surface area contributed by atoms with Crippen molar-refractivity contribution in [3.8, 4) is 22.9 Å². The third-order valence-corrected chi connectivity index (χ3v) is 4.46. The molecule has 0 saturated carbocycles. The molecule has 0 saturated heterocycles. The molecular formula is C21H18N4O. The zero-order chi connectivity index (χ0) is 17.8. The summed E-state index contributed by atoms with van der Waals surface area (Å²) in [6.45, 7) is 1.40. The van der Waals surface area contributed by atoms with Crippen LogP contribution in [0.3, 0.4) is 0 Å². The van der Waals surface area contributed by atoms with Crippen molar-refractivity contribution in [3.63, 3.8) is 0 Å². The van der Waals surface area contributed by atoms with Gasteiger partial charge in [0, 0.05) is 18.9 Å². The molecule has 2 heterocycles. The van der Waals surface area contributed by atoms with Crippen molar-refractivity contribution in [1.29, 1.82) is 5.26 Å². The van der Waals surface area contributed by atoms with Gasteiger partial charge in [-0.25, -0.2) is 9.97 Å². The van der Waals surface area contributed by atoms with Crippen molar-refractivity contribution in [1.82, 2.24) is 9.97 Å². The minimum absolute atomic E-state index is 0.306. The molecule has 0 fully saturated rings. The Morgan fingerprint density at radius 2 is 1.85 bits per heavy atom. The van der Waals surface area contributed by atoms with Crippen molar-refractivity contribution < 1.29 is 4.74 Å². The van der Waals surface area contributed by atoms with Crippen molar-refractivity contribution in [2.24, 2.45) is 0 Å². The van der Waals surface area contributed by atoms with E-state index in [4.69, 9.17) is 10.00 Å². The van der Waals surface area contributed by atoms with E-state index < -0.39 is 0 Å². The number of anilines is 1. The van der Waals surface area contributed by atoms with Crippen LogP contribution in [-0.4, -0.2) is 16.6 Å². The molecule has 0 unspecified atom stereocenters. The second kappa shape index (κ2) is 7.24. The Labute approximate surface area is 152 Å². The van der Waals surface area contributed by atoms with E-state index in [1.807, 2.05) is 6.07 Å². The fraction of sp³-hybridized carbons (Fsp3) is 0.190. The maximum atomic E-state index is 9.06. The van der Waals surface area contributed by atoms with Crippen molar-refractivity contribution in [3.05, 3.63) is 71.7 Å². The lowest BCUT2D eigenvalue weighted by molar-refractivity contribution is 0.288. The van der Waals surface area contributed by atoms with Gasteiger partial charge in [-0.05, 0) is 47.2 Å². The molecule has 4 rings (SSSR count). The van der Waals surface area contributed by atoms with E-state index >= 15 is 0 Å². The number of nitrogens with one attached hydrogen (secondary N) is 1. The summed E-state index contributed by atoms with van der Waals surface area (Å²) in [6, 6.07) is 16.8. The van der Waals surface area contributed by atoms with Crippen molar-refractivity contribution in [2.45, 2.75) is 19.4 Å². The Morgan fingerprint density at radius 1 is 1.04 bits per heavy atom. The van der Waals surface area contributed by atoms with E-state index in [2.05, 4.69) is 57.7 Å². The highest BCUT2D eigenvalue weighted by molar-refractivity contribution is 5.66. The smallest absolute Gasteiger partial charge is 0.182 e. The van der Waals surface area contributed by atoms with Crippen molar-refractivity contribution >= 4 is 5.82 Å². The highest BCUT2D eigenvalue weighted by atomic mass is 16.5. The number of aromatic nitrogens is 2. The molecule has 5 heteroatoms. The first-order valence-corrected chi connectivity index (χ1v) is 8.63. The number of nitriles is 1. The molecule has 0 amide bonds. The predicted octanol–water partition coefficient (Wildman–Crippen LogP) is 3.95. The molecule has 1 aromatic heterocycles. The monoisotopic (exact) mass is 342 g/mol. The number of aryl methyl sites for hydroxylation is 1. The van der Waals surface area contributed by atoms with Crippen LogP contribution < -0.4 is 10.1 Å². The van der Waals surface area contributed by atoms with Crippen LogP contribution in [0, 0.1) is 11.3 Å². The summed E-state index contributed by atoms with van der Waals surface area (Å²) in [7, 11) is 0. The van der Waals surface area contributed by atoms with Crippen molar-refractivity contribution in [2.75, 3.05) is 11.9 Å². The number of fused-ring (bicyclic) bond motifs is 1. The van der Waals surface area contributed by atoms with Crippen LogP contribution in [0.25, 0.3) is 11.1 Å². The quantitative estimate of drug-likeness (QED) is 0.777. The lowest BCUT2D eigenvalue weighted by Crippen LogP contribution is -2.08. The first-order valence-electron chi connectivity index (χ1n) is 8.63. The SMILES string of the molecule is N#Cc1nccnc1NCc1ccc(-c2ccc3c(c2)CCCO3)cc1. The van der Waals surface area contributed by atoms with Gasteiger partial charge in [0.15, 0.2) is 11.5 Å². The molecule has 5 nitrogen and oxygen atoms in total. The summed E-state index contributed by atoms with van der Waals surface area (Å²) in [6.07, 6.45) is 5.24. The third-order valence-electron chi connectivity index (χ3n) is 4.46. The van der Waals surface area contributed by atoms with Crippen LogP contribution >= 0.6 is 0 Å². The van der Waals surface area contributed by atoms with E-state index in [1.165, 1.54) is 22.9 Å². The molecule has 0 bridgehead atoms. The Hall–Kier alpha value is -3.39. The second-order valence-electron chi connectivity index (χ2n) is 6.19. The van der Waals surface area contributed by atoms with Gasteiger partial charge >= 0.3 is 0 Å². The van der Waals surface area contributed by atoms with E-state index in [9.17, 15) is 0 Å². The number of ether oxygens (including phenoxy) is 1. The molecule has 0 spiro atoms. The zero-order valence-corrected chi connectivity index (χ0v) is 14.3. The van der Waals surface area contributed by atoms with Gasteiger partial charge in [0.1, 0.15) is 11.8 Å². The molecule has 1 aliphatic heterocycles. The number of hydrogen-bond acceptors (Lipinski definition) is 5. The van der Waals surface area contributed by atoms with Gasteiger partial charge in [-0.15, -0.1) is 0 Å². The fourth-order valence-corrected chi connectivity index (χ4v) is 3.09. The van der Waals surface area contributed by atoms with Gasteiger partial charge in [0.2, 0.25) is 0 Å². The molecule has 3 aromatic rings. The predicted molar refractivity (Wildman–Crippen MR) is 99.8 cm³/mol. The van der Waals surface area contributed by atoms with Gasteiger partial charge in [-0.1, -0.05) is 30.3 Å². The average molecular weight is 342 g/mol. The van der Waals surface area contributed by atoms with E-state index in [0.29, 0.717) is 18.1 Å². The fourth-order valence-electron chi connectivity index (χ4n) is 3.09. The molecule has 0 aliphatic carbocycles. The topological polar surface area (TPSA) is 70.8 Å². The van der Waals surface area contributed by atoms with E-state index in [1.54, 1.807) is 6.20 Å². The van der Waals surface area contributed by atoms with Crippen LogP contribution in [-0.2, 0) is 13.0 Å². The molecule has 0 radical (unpaired) electrons. The number of rotatable bonds is 4. The summed E-state index contributed by atoms with van der Waals surface area (Å²) in [4.78, 5) is 8.16. The molecule has 2 aromatic carbocycles. The molecule has 128 valence electrons. The van der Waals surface area contributed by atoms with E-state index in [0.717, 1.165) is 30.8 Å². The number of nitrogens with zero attached hydrogens (tertiary/aromatic N) is 3. The normalized spacial score (nSPS) is 12.6. The summed E-state index contributed by atoms with van der Waals surface area (Å²) < 4.78 is 5.68. The maximum Gasteiger partial charge on any atom is 0.182 e. The molecular weight excluding hydrogens is 324 g/mol. The Balaban J connectivity index is 1.48. The van der Waals surface area contributed by atoms with Crippen LogP contribution in [0.4, 0.5) is 5.82 Å². The Kier molecular flexibility index (Phi) is 4.48. The lowest BCUT2D eigenvalue weighted by Gasteiger charge is -2.18. The Bertz CT molecular complexity index is 960. The summed E-state index contributed by atoms with van der Waals surface area (Å²) >= 11 is 0. The first kappa shape index (κ1) is 16.1. The molecule has 0 atom stereocenters. The number of hydrogen-bond donors (Lipinski definition) is 1. The van der Waals surface area contributed by atoms with Crippen LogP contribution in [0.1, 0.15) is 23.2 Å². The number of benzene rings is 2. The minimum atomic E-state index is 0.306. The third kappa shape index (κ3) is 3.35. The van der Waals surface area contributed by atoms with Crippen LogP contribution in [0.15, 0.2) is 54.9 Å². The molecule has 1 aliphatic rings. The molecule has 26 heavy (non-hydrogen) atoms. The standard InChI is InChI=1S/C21H18N4O/c22-13-19-21(24-10-9-23-19)25-14-15-3-5-16(6-4-15)17-7-8-20-18(12-17)2-1-11-26-20/h3-10,12H,1-2,11,14H2,(H,24,25). The van der Waals surface area contributed by atoms with Gasteiger partial charge in [-0.2, -0.15) is 5.26 Å². The Morgan fingerprint density at radius 3 is 2.69 bits per heavy atom. The second-order valence-corrected chi connectivity index (χ2v) is 6.19. The summed E-state index contributed by atoms with van der Waals surface area (Å²) in [5, 5.41) is 12.2. The molecule has 1 N–H and O–H groups in total. The van der Waals surface area contributed by atoms with Gasteiger partial charge < -0.3 is 10.1 Å². The maximum absolute atomic E-state index is 9.06. The van der Waals surface area contributed by atoms with E-state index in [-0.39, 0.29) is 0 Å². The summed E-state index contributed by atoms with van der Waals surface area (Å²) in [5.41, 5.74) is 5.09. The van der Waals surface area contributed by atoms with Gasteiger partial charge in [-0.3, -0.25) is 0 Å². The first-order chi connectivity index (χ1) is 12.8. The van der Waals surface area contributed by atoms with Gasteiger partial charge in [0.05, 0.1) is 6.61 Å². The average Bonchev–Trinajstić information content (AvgIpc) is 2.72. The summed E-state index contributed by atoms with van der Waals surface area (Å²) in [5.74, 6) is 1.52. The van der Waals surface area contributed by atoms with Gasteiger partial charge in [0.25, 0.3) is 0 Å². The van der Waals surface area contributed by atoms with Crippen LogP contribution in [0.5, 0.6) is 5.75 Å². The highest BCUT2D eigenvalue weighted by Crippen LogP contribution is 2.30. The minimum Gasteiger partial charge on any atom is -0.493 e. The zero-order valence-electron chi connectivity index (χ0n) is 14.3. The lowest BCUT2D eigenvalue weighted by atomic mass is 9.98.